The van der Waals surface area contributed by atoms with Gasteiger partial charge in [0.15, 0.2) is 0 Å². The first-order valence-corrected chi connectivity index (χ1v) is 9.06. The number of amides is 2. The number of aromatic nitrogens is 1. The van der Waals surface area contributed by atoms with Gasteiger partial charge >= 0.3 is 0 Å². The minimum atomic E-state index is -0.0831. The Hall–Kier alpha value is -2.43. The molecule has 2 amide bonds. The molecule has 5 nitrogen and oxygen atoms in total. The van der Waals surface area contributed by atoms with Crippen LogP contribution in [0, 0.1) is 0 Å². The number of carbonyl (C=O) groups excluding carboxylic acids is 2. The van der Waals surface area contributed by atoms with E-state index in [0.717, 1.165) is 29.4 Å². The van der Waals surface area contributed by atoms with Crippen LogP contribution in [-0.2, 0) is 9.59 Å². The molecule has 1 saturated carbocycles. The van der Waals surface area contributed by atoms with E-state index < -0.39 is 0 Å². The normalized spacial score (nSPS) is 15.1. The highest BCUT2D eigenvalue weighted by Crippen LogP contribution is 2.23. The van der Waals surface area contributed by atoms with Crippen molar-refractivity contribution in [2.45, 2.75) is 51.5 Å². The Bertz CT molecular complexity index is 748. The minimum absolute atomic E-state index is 0.0616. The van der Waals surface area contributed by atoms with Crippen molar-refractivity contribution < 1.29 is 9.59 Å². The topological polar surface area (TPSA) is 62.3 Å². The molecule has 1 N–H and O–H groups in total. The van der Waals surface area contributed by atoms with E-state index >= 15 is 0 Å². The Balaban J connectivity index is 1.62. The van der Waals surface area contributed by atoms with E-state index in [0.29, 0.717) is 19.0 Å². The fourth-order valence-corrected chi connectivity index (χ4v) is 3.63. The minimum Gasteiger partial charge on any atom is -0.339 e. The van der Waals surface area contributed by atoms with Crippen LogP contribution >= 0.6 is 0 Å². The van der Waals surface area contributed by atoms with Gasteiger partial charge in [-0.25, -0.2) is 0 Å². The van der Waals surface area contributed by atoms with E-state index in [2.05, 4.69) is 10.3 Å². The number of nitrogens with zero attached hydrogens (tertiary/aromatic N) is 2. The van der Waals surface area contributed by atoms with Crippen molar-refractivity contribution in [1.29, 1.82) is 0 Å². The third kappa shape index (κ3) is 4.35. The summed E-state index contributed by atoms with van der Waals surface area (Å²) in [5, 5.41) is 3.94. The molecule has 1 aromatic heterocycles. The van der Waals surface area contributed by atoms with Crippen LogP contribution in [0.1, 0.15) is 45.4 Å². The second kappa shape index (κ2) is 8.10. The number of pyridine rings is 1. The molecule has 25 heavy (non-hydrogen) atoms. The fraction of sp³-hybridized carbons (Fsp3) is 0.450. The summed E-state index contributed by atoms with van der Waals surface area (Å²) in [4.78, 5) is 30.6. The van der Waals surface area contributed by atoms with Gasteiger partial charge in [-0.2, -0.15) is 0 Å². The summed E-state index contributed by atoms with van der Waals surface area (Å²) in [5.74, 6) is -0.0215. The van der Waals surface area contributed by atoms with Crippen LogP contribution in [0.3, 0.4) is 0 Å². The number of anilines is 1. The molecule has 2 aromatic rings. The Kier molecular flexibility index (Phi) is 5.64. The fourth-order valence-electron chi connectivity index (χ4n) is 3.63. The van der Waals surface area contributed by atoms with Crippen LogP contribution in [0.2, 0.25) is 0 Å². The van der Waals surface area contributed by atoms with Gasteiger partial charge in [0, 0.05) is 37.5 Å². The van der Waals surface area contributed by atoms with Gasteiger partial charge in [0.2, 0.25) is 11.8 Å². The smallest absolute Gasteiger partial charge is 0.226 e. The van der Waals surface area contributed by atoms with Gasteiger partial charge in [-0.3, -0.25) is 14.6 Å². The average Bonchev–Trinajstić information content (AvgIpc) is 2.63. The van der Waals surface area contributed by atoms with Crippen molar-refractivity contribution in [3.05, 3.63) is 36.5 Å². The van der Waals surface area contributed by atoms with Crippen molar-refractivity contribution in [3.8, 4) is 0 Å². The van der Waals surface area contributed by atoms with Crippen LogP contribution in [0.4, 0.5) is 5.69 Å². The molecule has 0 bridgehead atoms. The van der Waals surface area contributed by atoms with Gasteiger partial charge in [0.25, 0.3) is 0 Å². The maximum atomic E-state index is 12.4. The standard InChI is InChI=1S/C20H25N3O2/c1-15(24)23(17-9-3-2-4-10-17)14-12-19(25)22-18-11-5-7-16-8-6-13-21-20(16)18/h5-8,11,13,17H,2-4,9-10,12,14H2,1H3,(H,22,25). The van der Waals surface area contributed by atoms with Crippen molar-refractivity contribution in [1.82, 2.24) is 9.88 Å². The molecule has 1 heterocycles. The predicted octanol–water partition coefficient (Wildman–Crippen LogP) is 3.74. The van der Waals surface area contributed by atoms with Crippen LogP contribution in [0.5, 0.6) is 0 Å². The van der Waals surface area contributed by atoms with Gasteiger partial charge < -0.3 is 10.2 Å². The molecule has 0 spiro atoms. The molecule has 132 valence electrons. The van der Waals surface area contributed by atoms with E-state index in [9.17, 15) is 9.59 Å². The lowest BCUT2D eigenvalue weighted by molar-refractivity contribution is -0.132. The lowest BCUT2D eigenvalue weighted by Crippen LogP contribution is -2.41. The van der Waals surface area contributed by atoms with Crippen LogP contribution in [0.15, 0.2) is 36.5 Å². The molecule has 0 unspecified atom stereocenters. The van der Waals surface area contributed by atoms with E-state index in [4.69, 9.17) is 0 Å². The molecule has 3 rings (SSSR count). The Morgan fingerprint density at radius 2 is 1.92 bits per heavy atom. The molecule has 0 radical (unpaired) electrons. The average molecular weight is 339 g/mol. The molecule has 1 fully saturated rings. The monoisotopic (exact) mass is 339 g/mol. The Morgan fingerprint density at radius 1 is 1.16 bits per heavy atom. The second-order valence-electron chi connectivity index (χ2n) is 6.68. The first-order chi connectivity index (χ1) is 12.1. The lowest BCUT2D eigenvalue weighted by Gasteiger charge is -2.33. The van der Waals surface area contributed by atoms with Crippen molar-refractivity contribution in [2.24, 2.45) is 0 Å². The summed E-state index contributed by atoms with van der Waals surface area (Å²) in [7, 11) is 0. The number of fused-ring (bicyclic) bond motifs is 1. The number of benzene rings is 1. The van der Waals surface area contributed by atoms with Gasteiger partial charge in [0.05, 0.1) is 11.2 Å². The molecule has 0 saturated heterocycles. The van der Waals surface area contributed by atoms with Crippen LogP contribution in [0.25, 0.3) is 10.9 Å². The molecule has 0 aliphatic heterocycles. The SMILES string of the molecule is CC(=O)N(CCC(=O)Nc1cccc2cccnc12)C1CCCCC1. The molecule has 1 aromatic carbocycles. The summed E-state index contributed by atoms with van der Waals surface area (Å²) < 4.78 is 0. The Labute approximate surface area is 148 Å². The third-order valence-corrected chi connectivity index (χ3v) is 4.91. The zero-order chi connectivity index (χ0) is 17.6. The zero-order valence-corrected chi connectivity index (χ0v) is 14.7. The largest absolute Gasteiger partial charge is 0.339 e. The molecule has 0 atom stereocenters. The van der Waals surface area contributed by atoms with Crippen molar-refractivity contribution >= 4 is 28.4 Å². The highest BCUT2D eigenvalue weighted by Gasteiger charge is 2.23. The summed E-state index contributed by atoms with van der Waals surface area (Å²) >= 11 is 0. The van der Waals surface area contributed by atoms with E-state index in [1.165, 1.54) is 19.3 Å². The quantitative estimate of drug-likeness (QED) is 0.902. The van der Waals surface area contributed by atoms with E-state index in [1.54, 1.807) is 13.1 Å². The van der Waals surface area contributed by atoms with Gasteiger partial charge in [-0.1, -0.05) is 37.5 Å². The number of rotatable bonds is 5. The van der Waals surface area contributed by atoms with Gasteiger partial charge in [-0.15, -0.1) is 0 Å². The molecule has 1 aliphatic rings. The lowest BCUT2D eigenvalue weighted by atomic mass is 9.94. The summed E-state index contributed by atoms with van der Waals surface area (Å²) in [6, 6.07) is 9.87. The third-order valence-electron chi connectivity index (χ3n) is 4.91. The predicted molar refractivity (Wildman–Crippen MR) is 99.2 cm³/mol. The number of carbonyl (C=O) groups is 2. The second-order valence-corrected chi connectivity index (χ2v) is 6.68. The van der Waals surface area contributed by atoms with E-state index in [-0.39, 0.29) is 11.8 Å². The first kappa shape index (κ1) is 17.4. The number of hydrogen-bond acceptors (Lipinski definition) is 3. The molecule has 1 aliphatic carbocycles. The molecular formula is C20H25N3O2. The number of nitrogens with one attached hydrogen (secondary N) is 1. The maximum Gasteiger partial charge on any atom is 0.226 e. The summed E-state index contributed by atoms with van der Waals surface area (Å²) in [5.41, 5.74) is 1.50. The highest BCUT2D eigenvalue weighted by molar-refractivity contribution is 6.00. The van der Waals surface area contributed by atoms with Crippen LogP contribution < -0.4 is 5.32 Å². The maximum absolute atomic E-state index is 12.4. The first-order valence-electron chi connectivity index (χ1n) is 9.06. The van der Waals surface area contributed by atoms with Crippen LogP contribution in [-0.4, -0.2) is 34.3 Å². The van der Waals surface area contributed by atoms with Crippen molar-refractivity contribution in [3.63, 3.8) is 0 Å². The van der Waals surface area contributed by atoms with Gasteiger partial charge in [0.1, 0.15) is 0 Å². The van der Waals surface area contributed by atoms with E-state index in [1.807, 2.05) is 35.2 Å². The number of para-hydroxylation sites is 1. The van der Waals surface area contributed by atoms with Crippen molar-refractivity contribution in [2.75, 3.05) is 11.9 Å². The molecule has 5 heteroatoms. The Morgan fingerprint density at radius 3 is 2.68 bits per heavy atom. The summed E-state index contributed by atoms with van der Waals surface area (Å²) in [6.07, 6.45) is 7.71. The highest BCUT2D eigenvalue weighted by atomic mass is 16.2. The summed E-state index contributed by atoms with van der Waals surface area (Å²) in [6.45, 7) is 2.07. The molecular weight excluding hydrogens is 314 g/mol. The number of hydrogen-bond donors (Lipinski definition) is 1. The van der Waals surface area contributed by atoms with Gasteiger partial charge in [-0.05, 0) is 25.0 Å². The zero-order valence-electron chi connectivity index (χ0n) is 14.7.